The first-order valence-electron chi connectivity index (χ1n) is 9.21. The highest BCUT2D eigenvalue weighted by Gasteiger charge is 2.42. The van der Waals surface area contributed by atoms with E-state index < -0.39 is 53.0 Å². The van der Waals surface area contributed by atoms with E-state index in [1.807, 2.05) is 0 Å². The second-order valence-corrected chi connectivity index (χ2v) is 7.21. The van der Waals surface area contributed by atoms with Crippen LogP contribution in [0.5, 0.6) is 0 Å². The van der Waals surface area contributed by atoms with Crippen molar-refractivity contribution >= 4 is 12.1 Å². The van der Waals surface area contributed by atoms with Gasteiger partial charge in [-0.05, 0) is 6.07 Å². The molecule has 0 amide bonds. The van der Waals surface area contributed by atoms with Gasteiger partial charge in [0.05, 0.1) is 11.7 Å². The molecule has 1 aromatic carbocycles. The van der Waals surface area contributed by atoms with E-state index >= 15 is 0 Å². The first kappa shape index (κ1) is 22.9. The maximum Gasteiger partial charge on any atom is 0.449 e. The van der Waals surface area contributed by atoms with E-state index in [4.69, 9.17) is 5.73 Å². The maximum atomic E-state index is 14.5. The Morgan fingerprint density at radius 1 is 1.19 bits per heavy atom. The summed E-state index contributed by atoms with van der Waals surface area (Å²) < 4.78 is 82.6. The van der Waals surface area contributed by atoms with Crippen LogP contribution in [0.25, 0.3) is 0 Å². The molecule has 12 heteroatoms. The van der Waals surface area contributed by atoms with Crippen molar-refractivity contribution in [2.75, 3.05) is 6.54 Å². The van der Waals surface area contributed by atoms with Crippen molar-refractivity contribution in [3.63, 3.8) is 0 Å². The quantitative estimate of drug-likeness (QED) is 0.318. The zero-order valence-corrected chi connectivity index (χ0v) is 16.2. The van der Waals surface area contributed by atoms with Crippen molar-refractivity contribution < 1.29 is 35.9 Å². The fourth-order valence-electron chi connectivity index (χ4n) is 3.83. The molecule has 2 N–H and O–H groups in total. The predicted molar refractivity (Wildman–Crippen MR) is 95.4 cm³/mol. The third kappa shape index (κ3) is 4.35. The molecule has 0 spiro atoms. The average Bonchev–Trinajstić information content (AvgIpc) is 3.06. The highest BCUT2D eigenvalue weighted by Crippen LogP contribution is 2.36. The van der Waals surface area contributed by atoms with Gasteiger partial charge in [-0.2, -0.15) is 13.2 Å². The van der Waals surface area contributed by atoms with Crippen molar-refractivity contribution in [1.29, 1.82) is 0 Å². The summed E-state index contributed by atoms with van der Waals surface area (Å²) in [6.45, 7) is 0.403. The molecule has 0 aliphatic carbocycles. The SMILES string of the molecule is CC(=O)c1nc(C(F)(F)F)n2c1CN(C(c1cc(F)c(F)cc1F)C(N)CC=O)CC2. The number of benzene rings is 1. The van der Waals surface area contributed by atoms with E-state index in [0.717, 1.165) is 11.5 Å². The fourth-order valence-corrected chi connectivity index (χ4v) is 3.83. The highest BCUT2D eigenvalue weighted by atomic mass is 19.4. The number of ketones is 1. The minimum atomic E-state index is -4.80. The molecular formula is C19H18F6N4O2. The van der Waals surface area contributed by atoms with Crippen LogP contribution in [0, 0.1) is 17.5 Å². The number of halogens is 6. The van der Waals surface area contributed by atoms with Crippen LogP contribution in [0.4, 0.5) is 26.3 Å². The lowest BCUT2D eigenvalue weighted by atomic mass is 9.94. The van der Waals surface area contributed by atoms with E-state index in [2.05, 4.69) is 4.98 Å². The van der Waals surface area contributed by atoms with Crippen LogP contribution in [-0.4, -0.2) is 39.1 Å². The Morgan fingerprint density at radius 2 is 1.84 bits per heavy atom. The van der Waals surface area contributed by atoms with Gasteiger partial charge in [-0.1, -0.05) is 0 Å². The minimum Gasteiger partial charge on any atom is -0.326 e. The summed E-state index contributed by atoms with van der Waals surface area (Å²) in [6, 6.07) is -1.30. The standard InChI is InChI=1S/C19H18F6N4O2/c1-9(31)16-15-8-28(3-4-29(15)18(27-16)19(23,24)25)17(14(26)2-5-30)10-6-12(21)13(22)7-11(10)20/h5-7,14,17H,2-4,8,26H2,1H3. The van der Waals surface area contributed by atoms with Gasteiger partial charge in [-0.25, -0.2) is 18.2 Å². The van der Waals surface area contributed by atoms with Gasteiger partial charge in [0.1, 0.15) is 17.8 Å². The summed E-state index contributed by atoms with van der Waals surface area (Å²) in [4.78, 5) is 27.7. The number of rotatable bonds is 6. The fraction of sp³-hybridized carbons (Fsp3) is 0.421. The van der Waals surface area contributed by atoms with Gasteiger partial charge in [-0.3, -0.25) is 9.69 Å². The number of nitrogens with two attached hydrogens (primary N) is 1. The average molecular weight is 448 g/mol. The number of alkyl halides is 3. The lowest BCUT2D eigenvalue weighted by Gasteiger charge is -2.38. The molecule has 0 saturated heterocycles. The molecule has 2 unspecified atom stereocenters. The van der Waals surface area contributed by atoms with E-state index in [1.165, 1.54) is 4.90 Å². The molecule has 1 aliphatic rings. The van der Waals surface area contributed by atoms with Crippen molar-refractivity contribution in [2.24, 2.45) is 5.73 Å². The molecule has 2 aromatic rings. The predicted octanol–water partition coefficient (Wildman–Crippen LogP) is 3.00. The maximum absolute atomic E-state index is 14.5. The van der Waals surface area contributed by atoms with Gasteiger partial charge in [0.15, 0.2) is 17.4 Å². The molecule has 2 atom stereocenters. The van der Waals surface area contributed by atoms with Crippen LogP contribution in [0.3, 0.4) is 0 Å². The highest BCUT2D eigenvalue weighted by molar-refractivity contribution is 5.93. The molecule has 2 heterocycles. The van der Waals surface area contributed by atoms with Crippen molar-refractivity contribution in [3.8, 4) is 0 Å². The Hall–Kier alpha value is -2.73. The van der Waals surface area contributed by atoms with E-state index in [-0.39, 0.29) is 37.3 Å². The second kappa shape index (κ2) is 8.42. The van der Waals surface area contributed by atoms with Crippen molar-refractivity contribution in [3.05, 3.63) is 52.4 Å². The summed E-state index contributed by atoms with van der Waals surface area (Å²) in [6.07, 6.45) is -4.61. The Kier molecular flexibility index (Phi) is 6.23. The number of fused-ring (bicyclic) bond motifs is 1. The summed E-state index contributed by atoms with van der Waals surface area (Å²) >= 11 is 0. The Labute approximate surface area is 172 Å². The summed E-state index contributed by atoms with van der Waals surface area (Å²) in [5.41, 5.74) is 5.21. The molecule has 1 aromatic heterocycles. The van der Waals surface area contributed by atoms with E-state index in [0.29, 0.717) is 18.4 Å². The molecular weight excluding hydrogens is 430 g/mol. The molecule has 6 nitrogen and oxygen atoms in total. The van der Waals surface area contributed by atoms with Crippen LogP contribution in [0.1, 0.15) is 47.0 Å². The van der Waals surface area contributed by atoms with Crippen LogP contribution in [-0.2, 0) is 24.1 Å². The molecule has 0 saturated carbocycles. The van der Waals surface area contributed by atoms with Crippen molar-refractivity contribution in [2.45, 2.75) is 44.7 Å². The van der Waals surface area contributed by atoms with Crippen LogP contribution >= 0.6 is 0 Å². The van der Waals surface area contributed by atoms with Crippen LogP contribution in [0.2, 0.25) is 0 Å². The van der Waals surface area contributed by atoms with E-state index in [9.17, 15) is 35.9 Å². The lowest BCUT2D eigenvalue weighted by molar-refractivity contribution is -0.147. The first-order valence-corrected chi connectivity index (χ1v) is 9.21. The zero-order chi connectivity index (χ0) is 23.1. The largest absolute Gasteiger partial charge is 0.449 e. The molecule has 0 fully saturated rings. The monoisotopic (exact) mass is 448 g/mol. The van der Waals surface area contributed by atoms with Gasteiger partial charge in [0, 0.05) is 50.7 Å². The number of carbonyl (C=O) groups is 2. The molecule has 168 valence electrons. The summed E-state index contributed by atoms with van der Waals surface area (Å²) in [5, 5.41) is 0. The van der Waals surface area contributed by atoms with Gasteiger partial charge < -0.3 is 15.1 Å². The van der Waals surface area contributed by atoms with Crippen LogP contribution < -0.4 is 5.73 Å². The van der Waals surface area contributed by atoms with E-state index in [1.54, 1.807) is 0 Å². The number of imidazole rings is 1. The number of aldehydes is 1. The molecule has 31 heavy (non-hydrogen) atoms. The molecule has 0 radical (unpaired) electrons. The smallest absolute Gasteiger partial charge is 0.326 e. The zero-order valence-electron chi connectivity index (χ0n) is 16.2. The number of nitrogens with zero attached hydrogens (tertiary/aromatic N) is 3. The first-order chi connectivity index (χ1) is 14.5. The summed E-state index contributed by atoms with van der Waals surface area (Å²) in [5.74, 6) is -5.82. The topological polar surface area (TPSA) is 81.2 Å². The van der Waals surface area contributed by atoms with Gasteiger partial charge in [-0.15, -0.1) is 0 Å². The Morgan fingerprint density at radius 3 is 2.42 bits per heavy atom. The van der Waals surface area contributed by atoms with Crippen molar-refractivity contribution in [1.82, 2.24) is 14.5 Å². The minimum absolute atomic E-state index is 0.0580. The van der Waals surface area contributed by atoms with Gasteiger partial charge >= 0.3 is 6.18 Å². The van der Waals surface area contributed by atoms with Gasteiger partial charge in [0.25, 0.3) is 0 Å². The number of hydrogen-bond donors (Lipinski definition) is 1. The third-order valence-corrected chi connectivity index (χ3v) is 5.15. The number of hydrogen-bond acceptors (Lipinski definition) is 5. The lowest BCUT2D eigenvalue weighted by Crippen LogP contribution is -2.45. The normalized spacial score (nSPS) is 16.6. The Bertz CT molecular complexity index is 1020. The number of aromatic nitrogens is 2. The number of carbonyl (C=O) groups excluding carboxylic acids is 2. The third-order valence-electron chi connectivity index (χ3n) is 5.15. The Balaban J connectivity index is 2.09. The second-order valence-electron chi connectivity index (χ2n) is 7.21. The van der Waals surface area contributed by atoms with Crippen LogP contribution in [0.15, 0.2) is 12.1 Å². The number of Topliss-reactive ketones (excluding diaryl/α,β-unsaturated/α-hetero) is 1. The van der Waals surface area contributed by atoms with Gasteiger partial charge in [0.2, 0.25) is 5.82 Å². The molecule has 3 rings (SSSR count). The summed E-state index contributed by atoms with van der Waals surface area (Å²) in [7, 11) is 0. The molecule has 1 aliphatic heterocycles. The molecule has 0 bridgehead atoms.